The molecule has 4 rings (SSSR count). The van der Waals surface area contributed by atoms with Crippen molar-refractivity contribution in [2.75, 3.05) is 0 Å². The Balaban J connectivity index is 1.69. The van der Waals surface area contributed by atoms with Crippen molar-refractivity contribution in [3.05, 3.63) is 114 Å². The fourth-order valence-corrected chi connectivity index (χ4v) is 3.70. The average molecular weight is 353 g/mol. The highest BCUT2D eigenvalue weighted by Gasteiger charge is 2.30. The summed E-state index contributed by atoms with van der Waals surface area (Å²) in [6.07, 6.45) is 3.76. The molecule has 0 radical (unpaired) electrons. The molecule has 1 aliphatic heterocycles. The molecule has 0 saturated carbocycles. The lowest BCUT2D eigenvalue weighted by Gasteiger charge is -2.24. The van der Waals surface area contributed by atoms with Crippen LogP contribution in [0.5, 0.6) is 0 Å². The van der Waals surface area contributed by atoms with Crippen molar-refractivity contribution in [3.8, 4) is 0 Å². The van der Waals surface area contributed by atoms with Crippen molar-refractivity contribution in [2.45, 2.75) is 25.4 Å². The van der Waals surface area contributed by atoms with Gasteiger partial charge in [0.1, 0.15) is 0 Å². The normalized spacial score (nSPS) is 16.4. The molecule has 0 aliphatic carbocycles. The first-order valence-corrected chi connectivity index (χ1v) is 9.47. The Labute approximate surface area is 160 Å². The van der Waals surface area contributed by atoms with Gasteiger partial charge in [0.25, 0.3) is 0 Å². The molecule has 0 bridgehead atoms. The maximum Gasteiger partial charge on any atom is 0.223 e. The molecule has 0 spiro atoms. The van der Waals surface area contributed by atoms with Gasteiger partial charge >= 0.3 is 0 Å². The van der Waals surface area contributed by atoms with Gasteiger partial charge in [-0.05, 0) is 28.7 Å². The molecule has 3 aromatic carbocycles. The van der Waals surface area contributed by atoms with Crippen LogP contribution in [0.4, 0.5) is 0 Å². The number of hydrogen-bond acceptors (Lipinski definition) is 1. The van der Waals surface area contributed by atoms with Crippen LogP contribution in [0.2, 0.25) is 0 Å². The third kappa shape index (κ3) is 4.01. The summed E-state index contributed by atoms with van der Waals surface area (Å²) in [5.74, 6) is 0.237. The van der Waals surface area contributed by atoms with Crippen molar-refractivity contribution in [3.63, 3.8) is 0 Å². The number of carbonyl (C=O) groups excluding carboxylic acids is 1. The minimum atomic E-state index is 0.119. The van der Waals surface area contributed by atoms with Crippen molar-refractivity contribution >= 4 is 11.5 Å². The van der Waals surface area contributed by atoms with E-state index >= 15 is 0 Å². The lowest BCUT2D eigenvalue weighted by atomic mass is 9.95. The van der Waals surface area contributed by atoms with Crippen LogP contribution < -0.4 is 0 Å². The summed E-state index contributed by atoms with van der Waals surface area (Å²) >= 11 is 0. The molecule has 134 valence electrons. The maximum absolute atomic E-state index is 12.5. The van der Waals surface area contributed by atoms with Gasteiger partial charge in [-0.3, -0.25) is 4.79 Å². The number of nitrogens with zero attached hydrogens (tertiary/aromatic N) is 1. The molecular weight excluding hydrogens is 330 g/mol. The maximum atomic E-state index is 12.5. The van der Waals surface area contributed by atoms with Crippen LogP contribution >= 0.6 is 0 Å². The summed E-state index contributed by atoms with van der Waals surface area (Å²) in [5, 5.41) is 0. The molecule has 0 aromatic heterocycles. The molecule has 1 atom stereocenters. The zero-order valence-corrected chi connectivity index (χ0v) is 15.3. The van der Waals surface area contributed by atoms with Gasteiger partial charge in [0.05, 0.1) is 6.04 Å². The molecule has 2 nitrogen and oxygen atoms in total. The molecule has 1 heterocycles. The average Bonchev–Trinajstić information content (AvgIpc) is 3.07. The fraction of sp³-hybridized carbons (Fsp3) is 0.160. The zero-order chi connectivity index (χ0) is 18.5. The number of carbonyl (C=O) groups is 1. The second kappa shape index (κ2) is 8.05. The van der Waals surface area contributed by atoms with Crippen LogP contribution in [0, 0.1) is 0 Å². The largest absolute Gasteiger partial charge is 0.332 e. The van der Waals surface area contributed by atoms with E-state index in [-0.39, 0.29) is 11.9 Å². The summed E-state index contributed by atoms with van der Waals surface area (Å²) in [5.41, 5.74) is 4.73. The Morgan fingerprint density at radius 2 is 1.33 bits per heavy atom. The Kier molecular flexibility index (Phi) is 5.15. The minimum Gasteiger partial charge on any atom is -0.332 e. The Morgan fingerprint density at radius 1 is 0.815 bits per heavy atom. The molecule has 1 saturated heterocycles. The van der Waals surface area contributed by atoms with Crippen LogP contribution in [-0.4, -0.2) is 16.8 Å². The van der Waals surface area contributed by atoms with Crippen LogP contribution in [0.25, 0.3) is 5.57 Å². The molecule has 3 aromatic rings. The molecule has 0 N–H and O–H groups in total. The molecule has 1 unspecified atom stereocenters. The third-order valence-electron chi connectivity index (χ3n) is 5.10. The molecule has 27 heavy (non-hydrogen) atoms. The molecule has 1 aliphatic rings. The highest BCUT2D eigenvalue weighted by atomic mass is 16.2. The topological polar surface area (TPSA) is 20.3 Å². The SMILES string of the molecule is O=C1CCC(C=C(c2ccccc2)c2ccccc2)N1Cc1ccccc1. The van der Waals surface area contributed by atoms with E-state index in [9.17, 15) is 4.79 Å². The lowest BCUT2D eigenvalue weighted by molar-refractivity contribution is -0.129. The summed E-state index contributed by atoms with van der Waals surface area (Å²) in [7, 11) is 0. The standard InChI is InChI=1S/C25H23NO/c27-25-17-16-23(26(25)19-20-10-4-1-5-11-20)18-24(21-12-6-2-7-13-21)22-14-8-3-9-15-22/h1-15,18,23H,16-17,19H2. The van der Waals surface area contributed by atoms with E-state index in [1.165, 1.54) is 22.3 Å². The highest BCUT2D eigenvalue weighted by Crippen LogP contribution is 2.29. The predicted octanol–water partition coefficient (Wildman–Crippen LogP) is 5.31. The first kappa shape index (κ1) is 17.3. The van der Waals surface area contributed by atoms with Crippen LogP contribution in [-0.2, 0) is 11.3 Å². The molecule has 2 heteroatoms. The summed E-state index contributed by atoms with van der Waals surface area (Å²) in [4.78, 5) is 14.6. The van der Waals surface area contributed by atoms with E-state index in [0.717, 1.165) is 6.42 Å². The van der Waals surface area contributed by atoms with E-state index < -0.39 is 0 Å². The Bertz CT molecular complexity index is 875. The number of likely N-dealkylation sites (tertiary alicyclic amines) is 1. The van der Waals surface area contributed by atoms with E-state index in [4.69, 9.17) is 0 Å². The molecule has 1 amide bonds. The third-order valence-corrected chi connectivity index (χ3v) is 5.10. The van der Waals surface area contributed by atoms with Crippen LogP contribution in [0.1, 0.15) is 29.5 Å². The quantitative estimate of drug-likeness (QED) is 0.609. The molecular formula is C25H23NO. The monoisotopic (exact) mass is 353 g/mol. The van der Waals surface area contributed by atoms with Gasteiger partial charge in [-0.1, -0.05) is 97.1 Å². The van der Waals surface area contributed by atoms with Gasteiger partial charge < -0.3 is 4.90 Å². The zero-order valence-electron chi connectivity index (χ0n) is 15.3. The van der Waals surface area contributed by atoms with Gasteiger partial charge in [0.2, 0.25) is 5.91 Å². The van der Waals surface area contributed by atoms with Gasteiger partial charge in [-0.2, -0.15) is 0 Å². The highest BCUT2D eigenvalue weighted by molar-refractivity contribution is 5.83. The van der Waals surface area contributed by atoms with Crippen LogP contribution in [0.15, 0.2) is 97.1 Å². The first-order chi connectivity index (χ1) is 13.3. The summed E-state index contributed by atoms with van der Waals surface area (Å²) < 4.78 is 0. The van der Waals surface area contributed by atoms with Crippen molar-refractivity contribution in [2.24, 2.45) is 0 Å². The first-order valence-electron chi connectivity index (χ1n) is 9.47. The number of hydrogen-bond donors (Lipinski definition) is 0. The van der Waals surface area contributed by atoms with E-state index in [0.29, 0.717) is 13.0 Å². The van der Waals surface area contributed by atoms with Gasteiger partial charge in [-0.25, -0.2) is 0 Å². The number of amides is 1. The van der Waals surface area contributed by atoms with Crippen LogP contribution in [0.3, 0.4) is 0 Å². The smallest absolute Gasteiger partial charge is 0.223 e. The van der Waals surface area contributed by atoms with E-state index in [2.05, 4.69) is 66.7 Å². The summed E-state index contributed by atoms with van der Waals surface area (Å²) in [6.45, 7) is 0.664. The Morgan fingerprint density at radius 3 is 1.89 bits per heavy atom. The van der Waals surface area contributed by atoms with E-state index in [1.807, 2.05) is 35.2 Å². The Hall–Kier alpha value is -3.13. The fourth-order valence-electron chi connectivity index (χ4n) is 3.70. The summed E-state index contributed by atoms with van der Waals surface area (Å²) in [6, 6.07) is 31.2. The van der Waals surface area contributed by atoms with Crippen molar-refractivity contribution < 1.29 is 4.79 Å². The lowest BCUT2D eigenvalue weighted by Crippen LogP contribution is -2.31. The predicted molar refractivity (Wildman–Crippen MR) is 110 cm³/mol. The van der Waals surface area contributed by atoms with Gasteiger partial charge in [-0.15, -0.1) is 0 Å². The van der Waals surface area contributed by atoms with Gasteiger partial charge in [0, 0.05) is 13.0 Å². The number of rotatable bonds is 5. The number of benzene rings is 3. The van der Waals surface area contributed by atoms with Gasteiger partial charge in [0.15, 0.2) is 0 Å². The van der Waals surface area contributed by atoms with E-state index in [1.54, 1.807) is 0 Å². The molecule has 1 fully saturated rings. The minimum absolute atomic E-state index is 0.119. The van der Waals surface area contributed by atoms with Crippen molar-refractivity contribution in [1.82, 2.24) is 4.90 Å². The van der Waals surface area contributed by atoms with Crippen molar-refractivity contribution in [1.29, 1.82) is 0 Å². The second-order valence-electron chi connectivity index (χ2n) is 6.93. The second-order valence-corrected chi connectivity index (χ2v) is 6.93.